The average molecular weight is 381 g/mol. The number of hydrogen-bond acceptors (Lipinski definition) is 5. The van der Waals surface area contributed by atoms with E-state index in [1.807, 2.05) is 50.2 Å². The van der Waals surface area contributed by atoms with Crippen LogP contribution in [0.1, 0.15) is 19.4 Å². The van der Waals surface area contributed by atoms with E-state index in [0.717, 1.165) is 28.2 Å². The summed E-state index contributed by atoms with van der Waals surface area (Å²) in [6.45, 7) is 3.73. The second kappa shape index (κ2) is 6.55. The molecule has 0 bridgehead atoms. The molecule has 0 spiro atoms. The highest BCUT2D eigenvalue weighted by atomic mass is 35.5. The van der Waals surface area contributed by atoms with E-state index in [9.17, 15) is 4.79 Å². The number of fused-ring (bicyclic) bond motifs is 1. The quantitative estimate of drug-likeness (QED) is 0.641. The SMILES string of the molecule is CC1(C)OC(=O)Nc2ccc(-c3ccnc(Nc4ccc(Cl)cc4)n3)cc21. The third-order valence-corrected chi connectivity index (χ3v) is 4.56. The second-order valence-corrected chi connectivity index (χ2v) is 7.12. The Labute approximate surface area is 161 Å². The topological polar surface area (TPSA) is 76.1 Å². The van der Waals surface area contributed by atoms with Crippen molar-refractivity contribution in [3.8, 4) is 11.3 Å². The first kappa shape index (κ1) is 17.3. The fraction of sp³-hybridized carbons (Fsp3) is 0.150. The van der Waals surface area contributed by atoms with Crippen molar-refractivity contribution in [2.75, 3.05) is 10.6 Å². The Morgan fingerprint density at radius 3 is 2.67 bits per heavy atom. The number of aromatic nitrogens is 2. The summed E-state index contributed by atoms with van der Waals surface area (Å²) < 4.78 is 5.40. The van der Waals surface area contributed by atoms with Gasteiger partial charge in [0.2, 0.25) is 5.95 Å². The molecule has 1 aliphatic rings. The number of cyclic esters (lactones) is 1. The predicted molar refractivity (Wildman–Crippen MR) is 105 cm³/mol. The molecule has 0 radical (unpaired) electrons. The van der Waals surface area contributed by atoms with Crippen LogP contribution >= 0.6 is 11.6 Å². The lowest BCUT2D eigenvalue weighted by atomic mass is 9.92. The second-order valence-electron chi connectivity index (χ2n) is 6.68. The molecule has 0 saturated carbocycles. The maximum Gasteiger partial charge on any atom is 0.412 e. The molecule has 136 valence electrons. The zero-order valence-electron chi connectivity index (χ0n) is 14.8. The molecule has 4 rings (SSSR count). The maximum absolute atomic E-state index is 11.7. The van der Waals surface area contributed by atoms with Crippen molar-refractivity contribution in [2.24, 2.45) is 0 Å². The molecule has 0 atom stereocenters. The fourth-order valence-corrected chi connectivity index (χ4v) is 3.10. The summed E-state index contributed by atoms with van der Waals surface area (Å²) in [7, 11) is 0. The van der Waals surface area contributed by atoms with Gasteiger partial charge in [-0.1, -0.05) is 17.7 Å². The van der Waals surface area contributed by atoms with Gasteiger partial charge in [-0.15, -0.1) is 0 Å². The van der Waals surface area contributed by atoms with E-state index in [1.165, 1.54) is 0 Å². The van der Waals surface area contributed by atoms with Crippen molar-refractivity contribution in [3.63, 3.8) is 0 Å². The van der Waals surface area contributed by atoms with Crippen LogP contribution in [-0.4, -0.2) is 16.1 Å². The molecule has 2 heterocycles. The first-order valence-electron chi connectivity index (χ1n) is 8.41. The Morgan fingerprint density at radius 2 is 1.89 bits per heavy atom. The van der Waals surface area contributed by atoms with Gasteiger partial charge >= 0.3 is 6.09 Å². The molecule has 1 amide bonds. The van der Waals surface area contributed by atoms with E-state index in [4.69, 9.17) is 16.3 Å². The van der Waals surface area contributed by atoms with Crippen LogP contribution in [0.4, 0.5) is 22.1 Å². The Kier molecular flexibility index (Phi) is 4.20. The number of amides is 1. The number of carbonyl (C=O) groups excluding carboxylic acids is 1. The highest BCUT2D eigenvalue weighted by molar-refractivity contribution is 6.30. The smallest absolute Gasteiger partial charge is 0.412 e. The molecule has 0 unspecified atom stereocenters. The van der Waals surface area contributed by atoms with Crippen LogP contribution in [0.5, 0.6) is 0 Å². The minimum Gasteiger partial charge on any atom is -0.438 e. The van der Waals surface area contributed by atoms with Crippen LogP contribution in [0.2, 0.25) is 5.02 Å². The lowest BCUT2D eigenvalue weighted by molar-refractivity contribution is 0.0421. The number of nitrogens with zero attached hydrogens (tertiary/aromatic N) is 2. The Morgan fingerprint density at radius 1 is 1.11 bits per heavy atom. The molecule has 3 aromatic rings. The van der Waals surface area contributed by atoms with Crippen LogP contribution < -0.4 is 10.6 Å². The number of rotatable bonds is 3. The molecular formula is C20H17ClN4O2. The molecule has 1 aliphatic heterocycles. The van der Waals surface area contributed by atoms with Gasteiger partial charge in [-0.05, 0) is 56.3 Å². The number of benzene rings is 2. The van der Waals surface area contributed by atoms with E-state index in [0.29, 0.717) is 11.0 Å². The Bertz CT molecular complexity index is 1020. The van der Waals surface area contributed by atoms with Gasteiger partial charge in [0, 0.05) is 28.0 Å². The van der Waals surface area contributed by atoms with Gasteiger partial charge in [0.1, 0.15) is 5.60 Å². The van der Waals surface area contributed by atoms with Gasteiger partial charge in [-0.25, -0.2) is 14.8 Å². The summed E-state index contributed by atoms with van der Waals surface area (Å²) in [6, 6.07) is 14.9. The fourth-order valence-electron chi connectivity index (χ4n) is 2.97. The molecule has 27 heavy (non-hydrogen) atoms. The number of ether oxygens (including phenoxy) is 1. The minimum absolute atomic E-state index is 0.447. The third-order valence-electron chi connectivity index (χ3n) is 4.30. The maximum atomic E-state index is 11.7. The van der Waals surface area contributed by atoms with Gasteiger partial charge < -0.3 is 10.1 Å². The lowest BCUT2D eigenvalue weighted by Crippen LogP contribution is -2.34. The summed E-state index contributed by atoms with van der Waals surface area (Å²) in [4.78, 5) is 20.5. The summed E-state index contributed by atoms with van der Waals surface area (Å²) in [5, 5.41) is 6.56. The average Bonchev–Trinajstić information content (AvgIpc) is 2.63. The largest absolute Gasteiger partial charge is 0.438 e. The number of carbonyl (C=O) groups is 1. The first-order chi connectivity index (χ1) is 12.9. The first-order valence-corrected chi connectivity index (χ1v) is 8.79. The molecule has 2 N–H and O–H groups in total. The number of anilines is 3. The summed E-state index contributed by atoms with van der Waals surface area (Å²) >= 11 is 5.91. The number of halogens is 1. The molecule has 6 nitrogen and oxygen atoms in total. The molecule has 1 aromatic heterocycles. The van der Waals surface area contributed by atoms with E-state index in [-0.39, 0.29) is 0 Å². The van der Waals surface area contributed by atoms with E-state index < -0.39 is 11.7 Å². The van der Waals surface area contributed by atoms with Crippen molar-refractivity contribution < 1.29 is 9.53 Å². The zero-order valence-corrected chi connectivity index (χ0v) is 15.5. The molecule has 7 heteroatoms. The van der Waals surface area contributed by atoms with Gasteiger partial charge in [0.25, 0.3) is 0 Å². The highest BCUT2D eigenvalue weighted by Gasteiger charge is 2.33. The van der Waals surface area contributed by atoms with Crippen molar-refractivity contribution in [2.45, 2.75) is 19.4 Å². The molecule has 0 aliphatic carbocycles. The van der Waals surface area contributed by atoms with Crippen LogP contribution in [0, 0.1) is 0 Å². The third kappa shape index (κ3) is 3.57. The summed E-state index contributed by atoms with van der Waals surface area (Å²) in [5.74, 6) is 0.483. The van der Waals surface area contributed by atoms with Crippen molar-refractivity contribution in [1.29, 1.82) is 0 Å². The van der Waals surface area contributed by atoms with Gasteiger partial charge in [-0.3, -0.25) is 5.32 Å². The number of hydrogen-bond donors (Lipinski definition) is 2. The summed E-state index contributed by atoms with van der Waals surface area (Å²) in [6.07, 6.45) is 1.25. The van der Waals surface area contributed by atoms with Crippen molar-refractivity contribution in [1.82, 2.24) is 9.97 Å². The Hall–Kier alpha value is -3.12. The van der Waals surface area contributed by atoms with Crippen LogP contribution in [-0.2, 0) is 10.3 Å². The molecular weight excluding hydrogens is 364 g/mol. The van der Waals surface area contributed by atoms with E-state index >= 15 is 0 Å². The van der Waals surface area contributed by atoms with Gasteiger partial charge in [0.15, 0.2) is 0 Å². The summed E-state index contributed by atoms with van der Waals surface area (Å²) in [5.41, 5.74) is 3.43. The number of nitrogens with one attached hydrogen (secondary N) is 2. The molecule has 0 saturated heterocycles. The zero-order chi connectivity index (χ0) is 19.0. The van der Waals surface area contributed by atoms with E-state index in [2.05, 4.69) is 20.6 Å². The Balaban J connectivity index is 1.66. The van der Waals surface area contributed by atoms with Crippen LogP contribution in [0.15, 0.2) is 54.7 Å². The molecule has 0 fully saturated rings. The van der Waals surface area contributed by atoms with Crippen LogP contribution in [0.25, 0.3) is 11.3 Å². The lowest BCUT2D eigenvalue weighted by Gasteiger charge is -2.32. The van der Waals surface area contributed by atoms with Gasteiger partial charge in [0.05, 0.1) is 11.4 Å². The molecule has 2 aromatic carbocycles. The van der Waals surface area contributed by atoms with Crippen molar-refractivity contribution >= 4 is 35.0 Å². The van der Waals surface area contributed by atoms with Crippen LogP contribution in [0.3, 0.4) is 0 Å². The minimum atomic E-state index is -0.717. The van der Waals surface area contributed by atoms with Gasteiger partial charge in [-0.2, -0.15) is 0 Å². The van der Waals surface area contributed by atoms with E-state index in [1.54, 1.807) is 18.3 Å². The highest BCUT2D eigenvalue weighted by Crippen LogP contribution is 2.37. The predicted octanol–water partition coefficient (Wildman–Crippen LogP) is 5.34. The standard InChI is InChI=1S/C20H17ClN4O2/c1-20(2)15-11-12(3-8-17(15)25-19(26)27-20)16-9-10-22-18(24-16)23-14-6-4-13(21)5-7-14/h3-11H,1-2H3,(H,25,26)(H,22,23,24). The monoisotopic (exact) mass is 380 g/mol. The van der Waals surface area contributed by atoms with Crippen molar-refractivity contribution in [3.05, 3.63) is 65.3 Å². The normalized spacial score (nSPS) is 14.7.